The molecule has 0 unspecified atom stereocenters. The molecule has 0 N–H and O–H groups in total. The van der Waals surface area contributed by atoms with E-state index in [2.05, 4.69) is 219 Å². The van der Waals surface area contributed by atoms with Gasteiger partial charge in [-0.3, -0.25) is 0 Å². The first-order chi connectivity index (χ1) is 29.6. The van der Waals surface area contributed by atoms with Crippen molar-refractivity contribution < 1.29 is 0 Å². The monoisotopic (exact) mass is 777 g/mol. The molecule has 1 nitrogen and oxygen atoms in total. The predicted octanol–water partition coefficient (Wildman–Crippen LogP) is 11.5. The summed E-state index contributed by atoms with van der Waals surface area (Å²) in [5.41, 5.74) is 22.1. The molecule has 9 aromatic rings. The van der Waals surface area contributed by atoms with Crippen molar-refractivity contribution in [3.8, 4) is 44.5 Å². The molecule has 3 heterocycles. The van der Waals surface area contributed by atoms with Crippen molar-refractivity contribution in [1.82, 2.24) is 0 Å². The molecule has 0 fully saturated rings. The molecule has 280 valence electrons. The number of anilines is 3. The van der Waals surface area contributed by atoms with Crippen molar-refractivity contribution >= 4 is 45.9 Å². The summed E-state index contributed by atoms with van der Waals surface area (Å²) in [4.78, 5) is 2.68. The topological polar surface area (TPSA) is 3.24 Å². The molecule has 60 heavy (non-hydrogen) atoms. The van der Waals surface area contributed by atoms with E-state index < -0.39 is 13.5 Å². The van der Waals surface area contributed by atoms with E-state index in [-0.39, 0.29) is 5.41 Å². The van der Waals surface area contributed by atoms with Crippen LogP contribution in [0.15, 0.2) is 200 Å². The number of hydrogen-bond donors (Lipinski definition) is 0. The first-order valence-electron chi connectivity index (χ1n) is 21.4. The Hall–Kier alpha value is -7.00. The molecule has 14 rings (SSSR count). The molecular formula is C58H39NSi. The third kappa shape index (κ3) is 3.61. The first kappa shape index (κ1) is 32.9. The van der Waals surface area contributed by atoms with Crippen LogP contribution < -0.4 is 25.6 Å². The van der Waals surface area contributed by atoms with E-state index >= 15 is 0 Å². The number of para-hydroxylation sites is 1. The van der Waals surface area contributed by atoms with Crippen LogP contribution in [0, 0.1) is 0 Å². The lowest BCUT2D eigenvalue weighted by Gasteiger charge is -2.46. The predicted molar refractivity (Wildman–Crippen MR) is 251 cm³/mol. The van der Waals surface area contributed by atoms with Crippen molar-refractivity contribution in [3.05, 3.63) is 234 Å². The molecule has 0 saturated heterocycles. The summed E-state index contributed by atoms with van der Waals surface area (Å²) in [6, 6.07) is 77.2. The maximum Gasteiger partial charge on any atom is 0.182 e. The zero-order chi connectivity index (χ0) is 39.5. The Balaban J connectivity index is 1.13. The number of rotatable bonds is 1. The molecule has 3 aliphatic heterocycles. The molecule has 0 atom stereocenters. The molecule has 0 bridgehead atoms. The molecule has 2 aliphatic carbocycles. The van der Waals surface area contributed by atoms with Gasteiger partial charge >= 0.3 is 0 Å². The van der Waals surface area contributed by atoms with Crippen molar-refractivity contribution in [2.45, 2.75) is 24.7 Å². The normalized spacial score (nSPS) is 16.2. The van der Waals surface area contributed by atoms with Crippen LogP contribution in [0.2, 0.25) is 0 Å². The standard InChI is InChI=1S/C58H39NSi/c1-57(2)44-23-9-5-22-43(44)55-48(57)33-34-49-56(55)59(50-27-13-12-26-47(50)58(49)45-24-10-3-17-37(45)38-18-4-11-25-46(38)58)36-31-32-42-41-21-8-16-30-53(41)60(54(42)35-36)51-28-14-6-19-39(51)40-20-7-15-29-52(40)60/h3-35H,1-2H3. The van der Waals surface area contributed by atoms with Crippen molar-refractivity contribution in [2.75, 3.05) is 4.90 Å². The fourth-order valence-corrected chi connectivity index (χ4v) is 18.5. The lowest BCUT2D eigenvalue weighted by atomic mass is 9.63. The van der Waals surface area contributed by atoms with Gasteiger partial charge in [-0.2, -0.15) is 0 Å². The van der Waals surface area contributed by atoms with Gasteiger partial charge in [0, 0.05) is 16.7 Å². The zero-order valence-electron chi connectivity index (χ0n) is 33.5. The van der Waals surface area contributed by atoms with E-state index in [1.807, 2.05) is 0 Å². The van der Waals surface area contributed by atoms with Gasteiger partial charge in [-0.05, 0) is 111 Å². The number of hydrogen-bond acceptors (Lipinski definition) is 1. The van der Waals surface area contributed by atoms with Gasteiger partial charge in [0.25, 0.3) is 0 Å². The maximum absolute atomic E-state index is 2.68. The summed E-state index contributed by atoms with van der Waals surface area (Å²) >= 11 is 0. The fourth-order valence-electron chi connectivity index (χ4n) is 12.9. The van der Waals surface area contributed by atoms with Gasteiger partial charge in [0.1, 0.15) is 0 Å². The van der Waals surface area contributed by atoms with E-state index in [1.54, 1.807) is 0 Å². The third-order valence-corrected chi connectivity index (χ3v) is 20.0. The molecule has 2 spiro atoms. The summed E-state index contributed by atoms with van der Waals surface area (Å²) in [7, 11) is -2.68. The molecule has 0 aromatic heterocycles. The highest BCUT2D eigenvalue weighted by atomic mass is 28.3. The van der Waals surface area contributed by atoms with Crippen LogP contribution in [0.25, 0.3) is 44.5 Å². The highest BCUT2D eigenvalue weighted by molar-refractivity contribution is 7.24. The van der Waals surface area contributed by atoms with Gasteiger partial charge in [0.2, 0.25) is 0 Å². The van der Waals surface area contributed by atoms with Crippen LogP contribution in [0.4, 0.5) is 17.1 Å². The van der Waals surface area contributed by atoms with E-state index in [4.69, 9.17) is 0 Å². The van der Waals surface area contributed by atoms with Gasteiger partial charge in [-0.25, -0.2) is 0 Å². The van der Waals surface area contributed by atoms with Crippen molar-refractivity contribution in [3.63, 3.8) is 0 Å². The Labute approximate surface area is 351 Å². The van der Waals surface area contributed by atoms with E-state index in [1.165, 1.54) is 116 Å². The fraction of sp³-hybridized carbons (Fsp3) is 0.0690. The number of fused-ring (bicyclic) bond motifs is 23. The van der Waals surface area contributed by atoms with Crippen LogP contribution in [-0.4, -0.2) is 8.07 Å². The van der Waals surface area contributed by atoms with Crippen LogP contribution in [0.3, 0.4) is 0 Å². The molecule has 2 heteroatoms. The highest BCUT2D eigenvalue weighted by Crippen LogP contribution is 2.67. The minimum absolute atomic E-state index is 0.157. The van der Waals surface area contributed by atoms with Crippen LogP contribution in [0.1, 0.15) is 47.2 Å². The SMILES string of the molecule is CC1(C)c2ccccc2-c2c1ccc1c2N(c2ccc3c(c2)[Si]2(c4ccccc4-c4ccccc42)c2ccccc2-3)c2ccccc2C12c1ccccc1-c1ccccc12. The molecule has 9 aromatic carbocycles. The van der Waals surface area contributed by atoms with Gasteiger partial charge in [0.05, 0.1) is 16.8 Å². The van der Waals surface area contributed by atoms with Crippen LogP contribution in [-0.2, 0) is 10.8 Å². The lowest BCUT2D eigenvalue weighted by Crippen LogP contribution is -2.70. The minimum Gasteiger partial charge on any atom is -0.309 e. The Bertz CT molecular complexity index is 3280. The largest absolute Gasteiger partial charge is 0.309 e. The Morgan fingerprint density at radius 3 is 1.40 bits per heavy atom. The number of benzene rings is 9. The second-order valence-corrected chi connectivity index (χ2v) is 21.5. The molecule has 0 saturated carbocycles. The third-order valence-electron chi connectivity index (χ3n) is 15.1. The average molecular weight is 778 g/mol. The first-order valence-corrected chi connectivity index (χ1v) is 23.4. The Kier molecular flexibility index (Phi) is 6.13. The summed E-state index contributed by atoms with van der Waals surface area (Å²) in [5.74, 6) is 0. The van der Waals surface area contributed by atoms with E-state index in [0.717, 1.165) is 0 Å². The molecule has 5 aliphatic rings. The second kappa shape index (κ2) is 11.2. The molecule has 0 amide bonds. The lowest BCUT2D eigenvalue weighted by molar-refractivity contribution is 0.658. The Morgan fingerprint density at radius 2 is 0.800 bits per heavy atom. The average Bonchev–Trinajstić information content (AvgIpc) is 3.96. The molecule has 0 radical (unpaired) electrons. The van der Waals surface area contributed by atoms with Gasteiger partial charge in [-0.1, -0.05) is 196 Å². The summed E-state index contributed by atoms with van der Waals surface area (Å²) in [6.07, 6.45) is 0. The zero-order valence-corrected chi connectivity index (χ0v) is 34.5. The highest BCUT2D eigenvalue weighted by Gasteiger charge is 2.56. The summed E-state index contributed by atoms with van der Waals surface area (Å²) < 4.78 is 0. The van der Waals surface area contributed by atoms with Crippen LogP contribution >= 0.6 is 0 Å². The molecular weight excluding hydrogens is 739 g/mol. The smallest absolute Gasteiger partial charge is 0.182 e. The minimum atomic E-state index is -2.68. The van der Waals surface area contributed by atoms with Gasteiger partial charge < -0.3 is 4.90 Å². The summed E-state index contributed by atoms with van der Waals surface area (Å²) in [5, 5.41) is 6.00. The van der Waals surface area contributed by atoms with Gasteiger partial charge in [-0.15, -0.1) is 0 Å². The van der Waals surface area contributed by atoms with Crippen molar-refractivity contribution in [1.29, 1.82) is 0 Å². The number of nitrogens with zero attached hydrogens (tertiary/aromatic N) is 1. The quantitative estimate of drug-likeness (QED) is 0.150. The summed E-state index contributed by atoms with van der Waals surface area (Å²) in [6.45, 7) is 4.83. The van der Waals surface area contributed by atoms with E-state index in [9.17, 15) is 0 Å². The van der Waals surface area contributed by atoms with E-state index in [0.29, 0.717) is 0 Å². The second-order valence-electron chi connectivity index (χ2n) is 17.9. The van der Waals surface area contributed by atoms with Crippen LogP contribution in [0.5, 0.6) is 0 Å². The Morgan fingerprint density at radius 1 is 0.350 bits per heavy atom. The maximum atomic E-state index is 2.68. The van der Waals surface area contributed by atoms with Gasteiger partial charge in [0.15, 0.2) is 8.07 Å². The van der Waals surface area contributed by atoms with Crippen molar-refractivity contribution in [2.24, 2.45) is 0 Å².